The molecule has 5 heteroatoms. The van der Waals surface area contributed by atoms with Gasteiger partial charge in [0.15, 0.2) is 23.1 Å². The van der Waals surface area contributed by atoms with Crippen LogP contribution in [-0.4, -0.2) is 24.9 Å². The zero-order valence-electron chi connectivity index (χ0n) is 11.3. The van der Waals surface area contributed by atoms with Gasteiger partial charge in [-0.1, -0.05) is 18.2 Å². The molecule has 1 atom stereocenters. The molecule has 0 amide bonds. The molecule has 0 bridgehead atoms. The van der Waals surface area contributed by atoms with Gasteiger partial charge in [0.25, 0.3) is 0 Å². The number of aliphatic hydroxyl groups excluding tert-OH is 1. The van der Waals surface area contributed by atoms with Crippen molar-refractivity contribution in [3.05, 3.63) is 53.8 Å². The molecule has 1 aliphatic heterocycles. The maximum Gasteiger partial charge on any atom is 0.165 e. The molecule has 0 fully saturated rings. The van der Waals surface area contributed by atoms with E-state index in [1.807, 2.05) is 0 Å². The van der Waals surface area contributed by atoms with Crippen LogP contribution in [0.1, 0.15) is 11.7 Å². The van der Waals surface area contributed by atoms with Crippen LogP contribution in [0.4, 0.5) is 4.39 Å². The van der Waals surface area contributed by atoms with E-state index in [0.717, 1.165) is 0 Å². The van der Waals surface area contributed by atoms with Crippen molar-refractivity contribution >= 4 is 0 Å². The number of para-hydroxylation sites is 1. The lowest BCUT2D eigenvalue weighted by Crippen LogP contribution is -2.16. The third kappa shape index (κ3) is 3.08. The van der Waals surface area contributed by atoms with Crippen LogP contribution in [0.5, 0.6) is 17.2 Å². The fourth-order valence-electron chi connectivity index (χ4n) is 2.09. The molecule has 4 nitrogen and oxygen atoms in total. The maximum atomic E-state index is 13.4. The summed E-state index contributed by atoms with van der Waals surface area (Å²) in [4.78, 5) is 0. The molecule has 0 aromatic heterocycles. The molecule has 2 aromatic rings. The van der Waals surface area contributed by atoms with Crippen LogP contribution in [0.2, 0.25) is 0 Å². The first kappa shape index (κ1) is 13.7. The van der Waals surface area contributed by atoms with Gasteiger partial charge in [-0.15, -0.1) is 0 Å². The molecular weight excluding hydrogens is 275 g/mol. The Bertz CT molecular complexity index is 629. The Labute approximate surface area is 121 Å². The first-order chi connectivity index (χ1) is 10.2. The molecule has 1 heterocycles. The fourth-order valence-corrected chi connectivity index (χ4v) is 2.09. The van der Waals surface area contributed by atoms with Crippen LogP contribution in [0.15, 0.2) is 42.5 Å². The Morgan fingerprint density at radius 2 is 1.86 bits per heavy atom. The van der Waals surface area contributed by atoms with Gasteiger partial charge in [0, 0.05) is 0 Å². The summed E-state index contributed by atoms with van der Waals surface area (Å²) in [6.45, 7) is 0.962. The van der Waals surface area contributed by atoms with E-state index in [0.29, 0.717) is 30.3 Å². The van der Waals surface area contributed by atoms with Crippen molar-refractivity contribution in [2.24, 2.45) is 0 Å². The van der Waals surface area contributed by atoms with Gasteiger partial charge in [0.1, 0.15) is 25.9 Å². The third-order valence-electron chi connectivity index (χ3n) is 3.18. The van der Waals surface area contributed by atoms with Crippen LogP contribution in [0.25, 0.3) is 0 Å². The molecule has 2 aromatic carbocycles. The highest BCUT2D eigenvalue weighted by molar-refractivity contribution is 5.44. The van der Waals surface area contributed by atoms with Crippen molar-refractivity contribution in [3.8, 4) is 17.2 Å². The number of rotatable bonds is 4. The number of benzene rings is 2. The standard InChI is InChI=1S/C16H15FO4/c17-12-3-1-2-4-14(12)21-10-13(18)11-5-6-15-16(9-11)20-8-7-19-15/h1-6,9,13,18H,7-8,10H2. The Morgan fingerprint density at radius 3 is 2.67 bits per heavy atom. The number of fused-ring (bicyclic) bond motifs is 1. The van der Waals surface area contributed by atoms with Crippen LogP contribution in [0, 0.1) is 5.82 Å². The lowest BCUT2D eigenvalue weighted by molar-refractivity contribution is 0.105. The average molecular weight is 290 g/mol. The highest BCUT2D eigenvalue weighted by Crippen LogP contribution is 2.32. The van der Waals surface area contributed by atoms with Gasteiger partial charge in [-0.05, 0) is 29.8 Å². The van der Waals surface area contributed by atoms with E-state index < -0.39 is 11.9 Å². The number of aliphatic hydroxyl groups is 1. The monoisotopic (exact) mass is 290 g/mol. The molecule has 0 spiro atoms. The molecule has 3 rings (SSSR count). The molecule has 0 radical (unpaired) electrons. The molecule has 1 aliphatic rings. The van der Waals surface area contributed by atoms with E-state index in [2.05, 4.69) is 0 Å². The maximum absolute atomic E-state index is 13.4. The van der Waals surface area contributed by atoms with Crippen LogP contribution in [-0.2, 0) is 0 Å². The van der Waals surface area contributed by atoms with Crippen molar-refractivity contribution in [1.82, 2.24) is 0 Å². The van der Waals surface area contributed by atoms with Crippen LogP contribution in [0.3, 0.4) is 0 Å². The lowest BCUT2D eigenvalue weighted by Gasteiger charge is -2.20. The van der Waals surface area contributed by atoms with Gasteiger partial charge in [0.05, 0.1) is 0 Å². The summed E-state index contributed by atoms with van der Waals surface area (Å²) in [5.41, 5.74) is 0.635. The highest BCUT2D eigenvalue weighted by atomic mass is 19.1. The Balaban J connectivity index is 1.68. The minimum Gasteiger partial charge on any atom is -0.487 e. The van der Waals surface area contributed by atoms with Gasteiger partial charge in [-0.2, -0.15) is 0 Å². The van der Waals surface area contributed by atoms with Crippen molar-refractivity contribution in [2.45, 2.75) is 6.10 Å². The predicted octanol–water partition coefficient (Wildman–Crippen LogP) is 2.71. The number of ether oxygens (including phenoxy) is 3. The van der Waals surface area contributed by atoms with Gasteiger partial charge in [-0.3, -0.25) is 0 Å². The van der Waals surface area contributed by atoms with Crippen molar-refractivity contribution < 1.29 is 23.7 Å². The third-order valence-corrected chi connectivity index (χ3v) is 3.18. The van der Waals surface area contributed by atoms with E-state index in [4.69, 9.17) is 14.2 Å². The average Bonchev–Trinajstić information content (AvgIpc) is 2.53. The molecule has 0 aliphatic carbocycles. The molecule has 21 heavy (non-hydrogen) atoms. The van der Waals surface area contributed by atoms with Gasteiger partial charge < -0.3 is 19.3 Å². The summed E-state index contributed by atoms with van der Waals surface area (Å²) in [5, 5.41) is 10.1. The largest absolute Gasteiger partial charge is 0.487 e. The van der Waals surface area contributed by atoms with E-state index in [9.17, 15) is 9.50 Å². The Kier molecular flexibility index (Phi) is 3.92. The summed E-state index contributed by atoms with van der Waals surface area (Å²) in [7, 11) is 0. The van der Waals surface area contributed by atoms with Crippen molar-refractivity contribution in [2.75, 3.05) is 19.8 Å². The van der Waals surface area contributed by atoms with Gasteiger partial charge in [0.2, 0.25) is 0 Å². The second-order valence-electron chi connectivity index (χ2n) is 4.66. The van der Waals surface area contributed by atoms with Crippen molar-refractivity contribution in [3.63, 3.8) is 0 Å². The topological polar surface area (TPSA) is 47.9 Å². The molecule has 110 valence electrons. The highest BCUT2D eigenvalue weighted by Gasteiger charge is 2.16. The molecule has 1 unspecified atom stereocenters. The zero-order valence-corrected chi connectivity index (χ0v) is 11.3. The Morgan fingerprint density at radius 1 is 1.10 bits per heavy atom. The number of hydrogen-bond acceptors (Lipinski definition) is 4. The Hall–Kier alpha value is -2.27. The SMILES string of the molecule is OC(COc1ccccc1F)c1ccc2c(c1)OCCO2. The zero-order chi connectivity index (χ0) is 14.7. The van der Waals surface area contributed by atoms with E-state index in [-0.39, 0.29) is 12.4 Å². The quantitative estimate of drug-likeness (QED) is 0.940. The molecule has 0 saturated heterocycles. The van der Waals surface area contributed by atoms with Gasteiger partial charge in [-0.25, -0.2) is 4.39 Å². The summed E-state index contributed by atoms with van der Waals surface area (Å²) in [6.07, 6.45) is -0.875. The number of hydrogen-bond donors (Lipinski definition) is 1. The van der Waals surface area contributed by atoms with Crippen LogP contribution >= 0.6 is 0 Å². The van der Waals surface area contributed by atoms with Crippen LogP contribution < -0.4 is 14.2 Å². The summed E-state index contributed by atoms with van der Waals surface area (Å²) >= 11 is 0. The minimum absolute atomic E-state index is 0.0411. The second kappa shape index (κ2) is 6.01. The molecular formula is C16H15FO4. The van der Waals surface area contributed by atoms with E-state index in [1.165, 1.54) is 12.1 Å². The predicted molar refractivity (Wildman–Crippen MR) is 74.3 cm³/mol. The lowest BCUT2D eigenvalue weighted by atomic mass is 10.1. The fraction of sp³-hybridized carbons (Fsp3) is 0.250. The molecule has 1 N–H and O–H groups in total. The second-order valence-corrected chi connectivity index (χ2v) is 4.66. The van der Waals surface area contributed by atoms with E-state index >= 15 is 0 Å². The summed E-state index contributed by atoms with van der Waals surface area (Å²) in [5.74, 6) is 0.928. The van der Waals surface area contributed by atoms with Crippen molar-refractivity contribution in [1.29, 1.82) is 0 Å². The summed E-state index contributed by atoms with van der Waals surface area (Å²) < 4.78 is 29.6. The van der Waals surface area contributed by atoms with Gasteiger partial charge >= 0.3 is 0 Å². The van der Waals surface area contributed by atoms with E-state index in [1.54, 1.807) is 30.3 Å². The smallest absolute Gasteiger partial charge is 0.165 e. The first-order valence-electron chi connectivity index (χ1n) is 6.69. The number of halogens is 1. The summed E-state index contributed by atoms with van der Waals surface area (Å²) in [6, 6.07) is 11.3. The molecule has 0 saturated carbocycles. The first-order valence-corrected chi connectivity index (χ1v) is 6.69. The normalized spacial score (nSPS) is 14.6. The minimum atomic E-state index is -0.875.